The molecule has 2 aromatic carbocycles. The predicted molar refractivity (Wildman–Crippen MR) is 106 cm³/mol. The molecule has 6 heteroatoms. The summed E-state index contributed by atoms with van der Waals surface area (Å²) in [7, 11) is 3.59. The molecular weight excluding hydrogens is 342 g/mol. The first-order valence-electron chi connectivity index (χ1n) is 8.61. The number of benzene rings is 2. The first-order valence-corrected chi connectivity index (χ1v) is 8.61. The number of carboxylic acids is 1. The zero-order valence-electron chi connectivity index (χ0n) is 15.3. The molecule has 0 unspecified atom stereocenters. The standard InChI is InChI=1S/C21H21N3O3/c1-24(15-11-13-16(27-2)14-12-15)21-17-7-3-4-8-18(17)22-19(23-21)9-5-6-10-20(25)26/h3-5,7-9,11-14H,6,10H2,1-2H3,(H,25,26)/b9-5+. The van der Waals surface area contributed by atoms with Crippen LogP contribution < -0.4 is 9.64 Å². The normalized spacial score (nSPS) is 11.0. The van der Waals surface area contributed by atoms with Gasteiger partial charge in [-0.05, 0) is 48.9 Å². The molecule has 0 radical (unpaired) electrons. The second-order valence-electron chi connectivity index (χ2n) is 6.01. The van der Waals surface area contributed by atoms with E-state index in [2.05, 4.69) is 9.97 Å². The Bertz CT molecular complexity index is 968. The highest BCUT2D eigenvalue weighted by Gasteiger charge is 2.12. The van der Waals surface area contributed by atoms with Gasteiger partial charge in [0.2, 0.25) is 0 Å². The van der Waals surface area contributed by atoms with Crippen LogP contribution in [0.3, 0.4) is 0 Å². The second-order valence-corrected chi connectivity index (χ2v) is 6.01. The molecule has 138 valence electrons. The van der Waals surface area contributed by atoms with Crippen LogP contribution in [0.5, 0.6) is 5.75 Å². The number of carboxylic acid groups (broad SMARTS) is 1. The molecule has 0 atom stereocenters. The number of carbonyl (C=O) groups is 1. The summed E-state index contributed by atoms with van der Waals surface area (Å²) in [6, 6.07) is 15.6. The van der Waals surface area contributed by atoms with Crippen LogP contribution in [0.15, 0.2) is 54.6 Å². The van der Waals surface area contributed by atoms with Crippen LogP contribution in [0.25, 0.3) is 17.0 Å². The van der Waals surface area contributed by atoms with Gasteiger partial charge in [-0.2, -0.15) is 0 Å². The van der Waals surface area contributed by atoms with Crippen LogP contribution in [0.1, 0.15) is 18.7 Å². The van der Waals surface area contributed by atoms with Crippen molar-refractivity contribution < 1.29 is 14.6 Å². The molecule has 1 heterocycles. The van der Waals surface area contributed by atoms with Crippen LogP contribution in [-0.4, -0.2) is 35.2 Å². The molecular formula is C21H21N3O3. The first-order chi connectivity index (χ1) is 13.1. The Morgan fingerprint density at radius 2 is 1.89 bits per heavy atom. The van der Waals surface area contributed by atoms with Crippen molar-refractivity contribution in [3.63, 3.8) is 0 Å². The number of ether oxygens (including phenoxy) is 1. The minimum absolute atomic E-state index is 0.0860. The second kappa shape index (κ2) is 8.31. The average Bonchev–Trinajstić information content (AvgIpc) is 2.70. The van der Waals surface area contributed by atoms with Gasteiger partial charge in [0.25, 0.3) is 0 Å². The zero-order valence-corrected chi connectivity index (χ0v) is 15.3. The maximum absolute atomic E-state index is 10.7. The summed E-state index contributed by atoms with van der Waals surface area (Å²) >= 11 is 0. The highest BCUT2D eigenvalue weighted by molar-refractivity contribution is 5.92. The minimum atomic E-state index is -0.820. The third-order valence-corrected chi connectivity index (χ3v) is 4.17. The predicted octanol–water partition coefficient (Wildman–Crippen LogP) is 4.28. The lowest BCUT2D eigenvalue weighted by Gasteiger charge is -2.20. The molecule has 0 aliphatic carbocycles. The van der Waals surface area contributed by atoms with Crippen molar-refractivity contribution in [3.8, 4) is 5.75 Å². The van der Waals surface area contributed by atoms with Crippen molar-refractivity contribution >= 4 is 34.5 Å². The smallest absolute Gasteiger partial charge is 0.303 e. The van der Waals surface area contributed by atoms with Gasteiger partial charge in [0.05, 0.1) is 12.6 Å². The third kappa shape index (κ3) is 4.41. The Morgan fingerprint density at radius 1 is 1.15 bits per heavy atom. The fraction of sp³-hybridized carbons (Fsp3) is 0.190. The van der Waals surface area contributed by atoms with Crippen molar-refractivity contribution in [2.24, 2.45) is 0 Å². The molecule has 27 heavy (non-hydrogen) atoms. The molecule has 0 amide bonds. The molecule has 3 aromatic rings. The Hall–Kier alpha value is -3.41. The molecule has 0 saturated heterocycles. The van der Waals surface area contributed by atoms with Crippen LogP contribution in [0.2, 0.25) is 0 Å². The van der Waals surface area contributed by atoms with Gasteiger partial charge >= 0.3 is 5.97 Å². The van der Waals surface area contributed by atoms with E-state index in [1.54, 1.807) is 19.3 Å². The van der Waals surface area contributed by atoms with Crippen molar-refractivity contribution in [1.82, 2.24) is 9.97 Å². The summed E-state index contributed by atoms with van der Waals surface area (Å²) in [6.07, 6.45) is 4.08. The van der Waals surface area contributed by atoms with Gasteiger partial charge in [-0.1, -0.05) is 18.2 Å². The number of allylic oxidation sites excluding steroid dienone is 1. The molecule has 0 fully saturated rings. The minimum Gasteiger partial charge on any atom is -0.497 e. The van der Waals surface area contributed by atoms with E-state index < -0.39 is 5.97 Å². The van der Waals surface area contributed by atoms with Crippen molar-refractivity contribution in [3.05, 3.63) is 60.4 Å². The van der Waals surface area contributed by atoms with Gasteiger partial charge in [0, 0.05) is 24.5 Å². The molecule has 0 aliphatic rings. The number of fused-ring (bicyclic) bond motifs is 1. The van der Waals surface area contributed by atoms with E-state index in [1.807, 2.05) is 60.5 Å². The molecule has 3 rings (SSSR count). The Kier molecular flexibility index (Phi) is 5.66. The van der Waals surface area contributed by atoms with E-state index in [0.717, 1.165) is 28.2 Å². The molecule has 0 saturated carbocycles. The monoisotopic (exact) mass is 363 g/mol. The maximum Gasteiger partial charge on any atom is 0.303 e. The van der Waals surface area contributed by atoms with E-state index in [1.165, 1.54) is 0 Å². The van der Waals surface area contributed by atoms with E-state index >= 15 is 0 Å². The lowest BCUT2D eigenvalue weighted by Crippen LogP contribution is -2.13. The quantitative estimate of drug-likeness (QED) is 0.675. The average molecular weight is 363 g/mol. The van der Waals surface area contributed by atoms with E-state index in [-0.39, 0.29) is 6.42 Å². The zero-order chi connectivity index (χ0) is 19.2. The number of aliphatic carboxylic acids is 1. The van der Waals surface area contributed by atoms with Crippen molar-refractivity contribution in [2.45, 2.75) is 12.8 Å². The lowest BCUT2D eigenvalue weighted by atomic mass is 10.2. The number of rotatable bonds is 7. The van der Waals surface area contributed by atoms with Gasteiger partial charge in [0.1, 0.15) is 11.6 Å². The summed E-state index contributed by atoms with van der Waals surface area (Å²) in [5.74, 6) is 1.30. The molecule has 0 bridgehead atoms. The Labute approximate surface area is 157 Å². The highest BCUT2D eigenvalue weighted by atomic mass is 16.5. The van der Waals surface area contributed by atoms with Crippen LogP contribution in [-0.2, 0) is 4.79 Å². The maximum atomic E-state index is 10.7. The highest BCUT2D eigenvalue weighted by Crippen LogP contribution is 2.30. The number of aromatic nitrogens is 2. The summed E-state index contributed by atoms with van der Waals surface area (Å²) in [5, 5.41) is 9.69. The van der Waals surface area contributed by atoms with Gasteiger partial charge in [-0.3, -0.25) is 4.79 Å². The van der Waals surface area contributed by atoms with Crippen molar-refractivity contribution in [1.29, 1.82) is 0 Å². The number of para-hydroxylation sites is 1. The van der Waals surface area contributed by atoms with E-state index in [4.69, 9.17) is 9.84 Å². The van der Waals surface area contributed by atoms with Crippen LogP contribution in [0.4, 0.5) is 11.5 Å². The number of hydrogen-bond acceptors (Lipinski definition) is 5. The summed E-state index contributed by atoms with van der Waals surface area (Å²) < 4.78 is 5.22. The number of anilines is 2. The SMILES string of the molecule is COc1ccc(N(C)c2nc(/C=C/CCC(=O)O)nc3ccccc23)cc1. The first kappa shape index (κ1) is 18.4. The van der Waals surface area contributed by atoms with Crippen molar-refractivity contribution in [2.75, 3.05) is 19.1 Å². The molecule has 0 spiro atoms. The van der Waals surface area contributed by atoms with E-state index in [9.17, 15) is 4.79 Å². The van der Waals surface area contributed by atoms with Crippen LogP contribution in [0, 0.1) is 0 Å². The summed E-state index contributed by atoms with van der Waals surface area (Å²) in [5.41, 5.74) is 1.81. The topological polar surface area (TPSA) is 75.5 Å². The molecule has 6 nitrogen and oxygen atoms in total. The lowest BCUT2D eigenvalue weighted by molar-refractivity contribution is -0.136. The molecule has 1 aromatic heterocycles. The van der Waals surface area contributed by atoms with Gasteiger partial charge in [-0.15, -0.1) is 0 Å². The number of methoxy groups -OCH3 is 1. The Morgan fingerprint density at radius 3 is 2.59 bits per heavy atom. The fourth-order valence-electron chi connectivity index (χ4n) is 2.73. The fourth-order valence-corrected chi connectivity index (χ4v) is 2.73. The summed E-state index contributed by atoms with van der Waals surface area (Å²) in [4.78, 5) is 21.9. The van der Waals surface area contributed by atoms with Gasteiger partial charge in [-0.25, -0.2) is 9.97 Å². The largest absolute Gasteiger partial charge is 0.497 e. The third-order valence-electron chi connectivity index (χ3n) is 4.17. The molecule has 0 aliphatic heterocycles. The van der Waals surface area contributed by atoms with Crippen LogP contribution >= 0.6 is 0 Å². The number of hydrogen-bond donors (Lipinski definition) is 1. The van der Waals surface area contributed by atoms with Gasteiger partial charge in [0.15, 0.2) is 5.82 Å². The van der Waals surface area contributed by atoms with Gasteiger partial charge < -0.3 is 14.7 Å². The van der Waals surface area contributed by atoms with E-state index in [0.29, 0.717) is 12.2 Å². The molecule has 1 N–H and O–H groups in total. The Balaban J connectivity index is 1.97. The number of nitrogens with zero attached hydrogens (tertiary/aromatic N) is 3. The summed E-state index contributed by atoms with van der Waals surface area (Å²) in [6.45, 7) is 0.